The van der Waals surface area contributed by atoms with Gasteiger partial charge in [0.2, 0.25) is 0 Å². The second-order valence-electron chi connectivity index (χ2n) is 5.01. The van der Waals surface area contributed by atoms with E-state index in [0.29, 0.717) is 6.61 Å². The minimum atomic E-state index is -0.824. The molecule has 0 radical (unpaired) electrons. The number of carbonyl (C=O) groups is 1. The van der Waals surface area contributed by atoms with Gasteiger partial charge in [-0.3, -0.25) is 4.79 Å². The molecule has 0 aliphatic heterocycles. The quantitative estimate of drug-likeness (QED) is 0.887. The van der Waals surface area contributed by atoms with Crippen molar-refractivity contribution in [3.05, 3.63) is 44.9 Å². The molecule has 0 aliphatic rings. The van der Waals surface area contributed by atoms with Crippen LogP contribution in [0.15, 0.2) is 18.2 Å². The Hall–Kier alpha value is -1.88. The number of hydrogen-bond donors (Lipinski definition) is 1. The Morgan fingerprint density at radius 3 is 2.52 bits per heavy atom. The Bertz CT molecular complexity index is 629. The van der Waals surface area contributed by atoms with Crippen molar-refractivity contribution in [1.82, 2.24) is 4.98 Å². The number of benzene rings is 1. The van der Waals surface area contributed by atoms with Crippen molar-refractivity contribution in [2.24, 2.45) is 0 Å². The van der Waals surface area contributed by atoms with Gasteiger partial charge in [-0.1, -0.05) is 13.0 Å². The van der Waals surface area contributed by atoms with Crippen LogP contribution in [0.4, 0.5) is 0 Å². The average molecular weight is 305 g/mol. The van der Waals surface area contributed by atoms with E-state index in [0.717, 1.165) is 38.9 Å². The Morgan fingerprint density at radius 2 is 1.95 bits per heavy atom. The SMILES string of the molecule is CCc1nc(COc2cc(C)cc(C)c2)sc1CC(=O)O. The zero-order chi connectivity index (χ0) is 15.4. The van der Waals surface area contributed by atoms with Crippen LogP contribution in [-0.2, 0) is 24.2 Å². The number of thiazole rings is 1. The third-order valence-electron chi connectivity index (χ3n) is 3.03. The molecule has 0 amide bonds. The Morgan fingerprint density at radius 1 is 1.29 bits per heavy atom. The van der Waals surface area contributed by atoms with Crippen LogP contribution in [0.3, 0.4) is 0 Å². The number of aliphatic carboxylic acids is 1. The number of nitrogens with zero attached hydrogens (tertiary/aromatic N) is 1. The summed E-state index contributed by atoms with van der Waals surface area (Å²) in [6, 6.07) is 6.06. The molecule has 1 aromatic carbocycles. The van der Waals surface area contributed by atoms with Crippen LogP contribution in [0.2, 0.25) is 0 Å². The minimum absolute atomic E-state index is 0.0321. The molecule has 0 fully saturated rings. The van der Waals surface area contributed by atoms with Gasteiger partial charge in [0.05, 0.1) is 12.1 Å². The van der Waals surface area contributed by atoms with E-state index in [1.807, 2.05) is 32.9 Å². The first-order valence-corrected chi connectivity index (χ1v) is 7.70. The third kappa shape index (κ3) is 4.29. The second-order valence-corrected chi connectivity index (χ2v) is 6.18. The highest BCUT2D eigenvalue weighted by molar-refractivity contribution is 7.11. The second kappa shape index (κ2) is 6.72. The van der Waals surface area contributed by atoms with E-state index in [1.54, 1.807) is 0 Å². The molecule has 0 saturated carbocycles. The van der Waals surface area contributed by atoms with Crippen LogP contribution in [-0.4, -0.2) is 16.1 Å². The van der Waals surface area contributed by atoms with E-state index < -0.39 is 5.97 Å². The molecule has 0 unspecified atom stereocenters. The highest BCUT2D eigenvalue weighted by Crippen LogP contribution is 2.23. The summed E-state index contributed by atoms with van der Waals surface area (Å²) >= 11 is 1.42. The number of rotatable bonds is 6. The van der Waals surface area contributed by atoms with Gasteiger partial charge >= 0.3 is 5.97 Å². The van der Waals surface area contributed by atoms with Crippen LogP contribution in [0.1, 0.15) is 33.6 Å². The van der Waals surface area contributed by atoms with Crippen molar-refractivity contribution in [3.63, 3.8) is 0 Å². The highest BCUT2D eigenvalue weighted by atomic mass is 32.1. The van der Waals surface area contributed by atoms with Crippen molar-refractivity contribution in [3.8, 4) is 5.75 Å². The highest BCUT2D eigenvalue weighted by Gasteiger charge is 2.13. The lowest BCUT2D eigenvalue weighted by atomic mass is 10.1. The molecular weight excluding hydrogens is 286 g/mol. The standard InChI is InChI=1S/C16H19NO3S/c1-4-13-14(8-16(18)19)21-15(17-13)9-20-12-6-10(2)5-11(3)7-12/h5-7H,4,8-9H2,1-3H3,(H,18,19). The predicted molar refractivity (Wildman–Crippen MR) is 83.1 cm³/mol. The van der Waals surface area contributed by atoms with E-state index in [4.69, 9.17) is 9.84 Å². The lowest BCUT2D eigenvalue weighted by Crippen LogP contribution is -2.00. The summed E-state index contributed by atoms with van der Waals surface area (Å²) in [4.78, 5) is 16.1. The molecule has 0 saturated heterocycles. The van der Waals surface area contributed by atoms with E-state index in [2.05, 4.69) is 11.1 Å². The summed E-state index contributed by atoms with van der Waals surface area (Å²) in [5.74, 6) is -0.00402. The van der Waals surface area contributed by atoms with Crippen LogP contribution >= 0.6 is 11.3 Å². The maximum atomic E-state index is 10.8. The van der Waals surface area contributed by atoms with Crippen molar-refractivity contribution in [1.29, 1.82) is 0 Å². The topological polar surface area (TPSA) is 59.4 Å². The Kier molecular flexibility index (Phi) is 4.96. The van der Waals surface area contributed by atoms with Gasteiger partial charge in [-0.2, -0.15) is 0 Å². The summed E-state index contributed by atoms with van der Waals surface area (Å²) in [5.41, 5.74) is 3.18. The van der Waals surface area contributed by atoms with Gasteiger partial charge in [0, 0.05) is 4.88 Å². The van der Waals surface area contributed by atoms with Crippen LogP contribution < -0.4 is 4.74 Å². The largest absolute Gasteiger partial charge is 0.486 e. The number of carboxylic acids is 1. The molecule has 2 aromatic rings. The molecule has 1 heterocycles. The lowest BCUT2D eigenvalue weighted by molar-refractivity contribution is -0.136. The van der Waals surface area contributed by atoms with Gasteiger partial charge in [0.1, 0.15) is 17.4 Å². The molecule has 1 aromatic heterocycles. The van der Waals surface area contributed by atoms with Gasteiger partial charge in [0.15, 0.2) is 0 Å². The number of aryl methyl sites for hydroxylation is 3. The van der Waals surface area contributed by atoms with Gasteiger partial charge in [-0.15, -0.1) is 11.3 Å². The zero-order valence-electron chi connectivity index (χ0n) is 12.5. The molecule has 5 heteroatoms. The first-order chi connectivity index (χ1) is 9.97. The molecule has 0 spiro atoms. The summed E-state index contributed by atoms with van der Waals surface area (Å²) in [7, 11) is 0. The van der Waals surface area contributed by atoms with Crippen molar-refractivity contribution < 1.29 is 14.6 Å². The van der Waals surface area contributed by atoms with Crippen LogP contribution in [0.25, 0.3) is 0 Å². The normalized spacial score (nSPS) is 10.6. The van der Waals surface area contributed by atoms with E-state index >= 15 is 0 Å². The third-order valence-corrected chi connectivity index (χ3v) is 4.10. The van der Waals surface area contributed by atoms with Gasteiger partial charge < -0.3 is 9.84 Å². The maximum absolute atomic E-state index is 10.8. The molecule has 0 bridgehead atoms. The lowest BCUT2D eigenvalue weighted by Gasteiger charge is -2.06. The summed E-state index contributed by atoms with van der Waals surface area (Å²) in [6.45, 7) is 6.42. The number of aromatic nitrogens is 1. The fourth-order valence-electron chi connectivity index (χ4n) is 2.21. The maximum Gasteiger partial charge on any atom is 0.308 e. The first-order valence-electron chi connectivity index (χ1n) is 6.88. The summed E-state index contributed by atoms with van der Waals surface area (Å²) in [5, 5.41) is 9.73. The Balaban J connectivity index is 2.09. The summed E-state index contributed by atoms with van der Waals surface area (Å²) in [6.07, 6.45) is 0.771. The van der Waals surface area contributed by atoms with Crippen molar-refractivity contribution in [2.75, 3.05) is 0 Å². The summed E-state index contributed by atoms with van der Waals surface area (Å²) < 4.78 is 5.77. The molecule has 21 heavy (non-hydrogen) atoms. The van der Waals surface area contributed by atoms with E-state index in [-0.39, 0.29) is 6.42 Å². The monoisotopic (exact) mass is 305 g/mol. The molecule has 4 nitrogen and oxygen atoms in total. The van der Waals surface area contributed by atoms with Gasteiger partial charge in [0.25, 0.3) is 0 Å². The van der Waals surface area contributed by atoms with Crippen LogP contribution in [0, 0.1) is 13.8 Å². The number of hydrogen-bond acceptors (Lipinski definition) is 4. The van der Waals surface area contributed by atoms with Gasteiger partial charge in [-0.25, -0.2) is 4.98 Å². The van der Waals surface area contributed by atoms with E-state index in [1.165, 1.54) is 11.3 Å². The zero-order valence-corrected chi connectivity index (χ0v) is 13.3. The number of carboxylic acid groups (broad SMARTS) is 1. The molecule has 112 valence electrons. The fourth-order valence-corrected chi connectivity index (χ4v) is 3.27. The fraction of sp³-hybridized carbons (Fsp3) is 0.375. The molecular formula is C16H19NO3S. The smallest absolute Gasteiger partial charge is 0.308 e. The van der Waals surface area contributed by atoms with Crippen molar-refractivity contribution >= 4 is 17.3 Å². The average Bonchev–Trinajstić information content (AvgIpc) is 2.76. The first kappa shape index (κ1) is 15.5. The Labute approximate surface area is 128 Å². The molecule has 0 aliphatic carbocycles. The molecule has 1 N–H and O–H groups in total. The minimum Gasteiger partial charge on any atom is -0.486 e. The molecule has 2 rings (SSSR count). The van der Waals surface area contributed by atoms with Crippen LogP contribution in [0.5, 0.6) is 5.75 Å². The van der Waals surface area contributed by atoms with E-state index in [9.17, 15) is 4.79 Å². The predicted octanol–water partition coefficient (Wildman–Crippen LogP) is 3.53. The molecule has 0 atom stereocenters. The van der Waals surface area contributed by atoms with Crippen molar-refractivity contribution in [2.45, 2.75) is 40.2 Å². The number of ether oxygens (including phenoxy) is 1. The van der Waals surface area contributed by atoms with Gasteiger partial charge in [-0.05, 0) is 43.5 Å².